The summed E-state index contributed by atoms with van der Waals surface area (Å²) >= 11 is 0. The molecule has 0 aliphatic heterocycles. The number of nitrogens with two attached hydrogens (primary N) is 2. The summed E-state index contributed by atoms with van der Waals surface area (Å²) in [4.78, 5) is -1.08. The van der Waals surface area contributed by atoms with Crippen molar-refractivity contribution < 1.29 is 39.5 Å². The van der Waals surface area contributed by atoms with Crippen molar-refractivity contribution in [1.82, 2.24) is 0 Å². The van der Waals surface area contributed by atoms with E-state index in [1.165, 1.54) is 0 Å². The first-order chi connectivity index (χ1) is 9.23. The van der Waals surface area contributed by atoms with Gasteiger partial charge in [0.05, 0.1) is 0 Å². The molecular formula is C9H8F6N2O3S. The zero-order chi connectivity index (χ0) is 16.6. The highest BCUT2D eigenvalue weighted by atomic mass is 32.2. The average Bonchev–Trinajstić information content (AvgIpc) is 2.22. The fourth-order valence-corrected chi connectivity index (χ4v) is 1.99. The van der Waals surface area contributed by atoms with E-state index in [4.69, 9.17) is 10.9 Å². The number of hydrogen-bond donors (Lipinski definition) is 2. The maximum atomic E-state index is 12.4. The molecule has 0 aliphatic rings. The molecule has 1 rings (SSSR count). The van der Waals surface area contributed by atoms with E-state index in [0.717, 1.165) is 6.07 Å². The number of rotatable bonds is 3. The topological polar surface area (TPSA) is 95.4 Å². The van der Waals surface area contributed by atoms with Gasteiger partial charge in [0.1, 0.15) is 10.6 Å². The van der Waals surface area contributed by atoms with E-state index in [2.05, 4.69) is 4.74 Å². The Morgan fingerprint density at radius 2 is 1.52 bits per heavy atom. The molecule has 21 heavy (non-hydrogen) atoms. The number of nitrogen functional groups attached to an aromatic ring is 1. The van der Waals surface area contributed by atoms with E-state index < -0.39 is 39.1 Å². The Hall–Kier alpha value is -1.69. The highest BCUT2D eigenvalue weighted by molar-refractivity contribution is 7.89. The van der Waals surface area contributed by atoms with Crippen LogP contribution in [-0.4, -0.2) is 26.9 Å². The van der Waals surface area contributed by atoms with Crippen LogP contribution in [0.15, 0.2) is 23.1 Å². The molecule has 0 atom stereocenters. The Balaban J connectivity index is 3.35. The quantitative estimate of drug-likeness (QED) is 0.649. The lowest BCUT2D eigenvalue weighted by Gasteiger charge is -2.24. The van der Waals surface area contributed by atoms with Crippen molar-refractivity contribution in [3.63, 3.8) is 0 Å². The van der Waals surface area contributed by atoms with E-state index in [9.17, 15) is 34.8 Å². The summed E-state index contributed by atoms with van der Waals surface area (Å²) in [6.45, 7) is 0. The third-order valence-corrected chi connectivity index (χ3v) is 3.05. The van der Waals surface area contributed by atoms with Gasteiger partial charge in [-0.25, -0.2) is 13.6 Å². The van der Waals surface area contributed by atoms with Crippen molar-refractivity contribution in [2.75, 3.05) is 5.73 Å². The van der Waals surface area contributed by atoms with Gasteiger partial charge in [-0.15, -0.1) is 0 Å². The second-order valence-corrected chi connectivity index (χ2v) is 5.36. The highest BCUT2D eigenvalue weighted by Crippen LogP contribution is 2.38. The maximum absolute atomic E-state index is 12.4. The normalized spacial score (nSPS) is 13.5. The van der Waals surface area contributed by atoms with Crippen molar-refractivity contribution in [3.8, 4) is 5.75 Å². The Morgan fingerprint density at radius 3 is 1.90 bits per heavy atom. The summed E-state index contributed by atoms with van der Waals surface area (Å²) in [6.07, 6.45) is -15.8. The van der Waals surface area contributed by atoms with E-state index in [0.29, 0.717) is 12.1 Å². The zero-order valence-electron chi connectivity index (χ0n) is 9.86. The van der Waals surface area contributed by atoms with E-state index in [1.807, 2.05) is 0 Å². The molecule has 0 fully saturated rings. The molecule has 0 radical (unpaired) electrons. The number of benzene rings is 1. The molecule has 0 saturated carbocycles. The lowest BCUT2D eigenvalue weighted by Crippen LogP contribution is -2.46. The third-order valence-electron chi connectivity index (χ3n) is 2.11. The molecule has 0 amide bonds. The Morgan fingerprint density at radius 1 is 1.05 bits per heavy atom. The molecule has 120 valence electrons. The van der Waals surface area contributed by atoms with Crippen LogP contribution in [0, 0.1) is 0 Å². The molecule has 4 N–H and O–H groups in total. The smallest absolute Gasteiger partial charge is 0.434 e. The molecule has 0 bridgehead atoms. The Labute approximate surface area is 114 Å². The van der Waals surface area contributed by atoms with Gasteiger partial charge in [-0.3, -0.25) is 0 Å². The van der Waals surface area contributed by atoms with Crippen LogP contribution < -0.4 is 15.6 Å². The van der Waals surface area contributed by atoms with Crippen LogP contribution >= 0.6 is 0 Å². The van der Waals surface area contributed by atoms with Crippen LogP contribution in [0.1, 0.15) is 0 Å². The lowest BCUT2D eigenvalue weighted by atomic mass is 10.3. The van der Waals surface area contributed by atoms with Gasteiger partial charge in [0.25, 0.3) is 6.10 Å². The first kappa shape index (κ1) is 17.4. The predicted octanol–water partition coefficient (Wildman–Crippen LogP) is 1.79. The summed E-state index contributed by atoms with van der Waals surface area (Å²) in [7, 11) is -4.63. The lowest BCUT2D eigenvalue weighted by molar-refractivity contribution is -0.300. The van der Waals surface area contributed by atoms with E-state index >= 15 is 0 Å². The molecule has 0 unspecified atom stereocenters. The first-order valence-corrected chi connectivity index (χ1v) is 6.50. The minimum absolute atomic E-state index is 0.234. The Kier molecular flexibility index (Phi) is 4.34. The summed E-state index contributed by atoms with van der Waals surface area (Å²) in [6, 6.07) is 2.02. The number of sulfonamides is 1. The van der Waals surface area contributed by atoms with E-state index in [-0.39, 0.29) is 5.69 Å². The molecule has 0 spiro atoms. The monoisotopic (exact) mass is 338 g/mol. The maximum Gasteiger partial charge on any atom is 0.434 e. The van der Waals surface area contributed by atoms with Gasteiger partial charge in [-0.1, -0.05) is 0 Å². The van der Waals surface area contributed by atoms with Crippen molar-refractivity contribution in [2.24, 2.45) is 5.14 Å². The fraction of sp³-hybridized carbons (Fsp3) is 0.333. The fourth-order valence-electron chi connectivity index (χ4n) is 1.29. The van der Waals surface area contributed by atoms with Gasteiger partial charge in [-0.05, 0) is 18.2 Å². The van der Waals surface area contributed by atoms with Crippen LogP contribution in [0.2, 0.25) is 0 Å². The third kappa shape index (κ3) is 4.39. The standard InChI is InChI=1S/C9H8F6N2O3S/c10-8(11,12)7(9(13,14)15)20-5-2-1-4(16)3-6(5)21(17,18)19/h1-3,7H,16H2,(H2,17,18,19). The van der Waals surface area contributed by atoms with Gasteiger partial charge in [0.15, 0.2) is 0 Å². The van der Waals surface area contributed by atoms with Crippen LogP contribution in [0.5, 0.6) is 5.75 Å². The predicted molar refractivity (Wildman–Crippen MR) is 58.8 cm³/mol. The van der Waals surface area contributed by atoms with Crippen LogP contribution in [0.25, 0.3) is 0 Å². The highest BCUT2D eigenvalue weighted by Gasteiger charge is 2.59. The molecule has 0 aliphatic carbocycles. The number of primary sulfonamides is 1. The van der Waals surface area contributed by atoms with E-state index in [1.54, 1.807) is 0 Å². The molecule has 12 heteroatoms. The minimum atomic E-state index is -5.80. The summed E-state index contributed by atoms with van der Waals surface area (Å²) < 4.78 is 100. The number of hydrogen-bond acceptors (Lipinski definition) is 4. The van der Waals surface area contributed by atoms with Crippen molar-refractivity contribution >= 4 is 15.7 Å². The van der Waals surface area contributed by atoms with Crippen LogP contribution in [0.3, 0.4) is 0 Å². The minimum Gasteiger partial charge on any atom is -0.470 e. The van der Waals surface area contributed by atoms with Gasteiger partial charge in [0, 0.05) is 5.69 Å². The van der Waals surface area contributed by atoms with Crippen molar-refractivity contribution in [1.29, 1.82) is 0 Å². The average molecular weight is 338 g/mol. The summed E-state index contributed by atoms with van der Waals surface area (Å²) in [5.74, 6) is -1.20. The second kappa shape index (κ2) is 5.26. The molecular weight excluding hydrogens is 330 g/mol. The number of alkyl halides is 6. The molecule has 0 aromatic heterocycles. The SMILES string of the molecule is Nc1ccc(OC(C(F)(F)F)C(F)(F)F)c(S(N)(=O)=O)c1. The van der Waals surface area contributed by atoms with Crippen LogP contribution in [-0.2, 0) is 10.0 Å². The summed E-state index contributed by atoms with van der Waals surface area (Å²) in [5.41, 5.74) is 4.97. The first-order valence-electron chi connectivity index (χ1n) is 4.95. The number of ether oxygens (including phenoxy) is 1. The molecule has 1 aromatic carbocycles. The van der Waals surface area contributed by atoms with Gasteiger partial charge in [0.2, 0.25) is 10.0 Å². The number of anilines is 1. The Bertz CT molecular complexity index is 611. The van der Waals surface area contributed by atoms with Gasteiger partial charge in [-0.2, -0.15) is 26.3 Å². The number of halogens is 6. The second-order valence-electron chi connectivity index (χ2n) is 3.83. The molecule has 0 heterocycles. The van der Waals surface area contributed by atoms with Gasteiger partial charge < -0.3 is 10.5 Å². The molecule has 0 saturated heterocycles. The molecule has 5 nitrogen and oxygen atoms in total. The van der Waals surface area contributed by atoms with Crippen LogP contribution in [0.4, 0.5) is 32.0 Å². The van der Waals surface area contributed by atoms with Gasteiger partial charge >= 0.3 is 12.4 Å². The largest absolute Gasteiger partial charge is 0.470 e. The zero-order valence-corrected chi connectivity index (χ0v) is 10.7. The molecule has 1 aromatic rings. The summed E-state index contributed by atoms with van der Waals surface area (Å²) in [5, 5.41) is 4.69. The van der Waals surface area contributed by atoms with Crippen molar-refractivity contribution in [2.45, 2.75) is 23.4 Å². The van der Waals surface area contributed by atoms with Crippen molar-refractivity contribution in [3.05, 3.63) is 18.2 Å².